The highest BCUT2D eigenvalue weighted by atomic mass is 19.1. The minimum absolute atomic E-state index is 0.0467. The summed E-state index contributed by atoms with van der Waals surface area (Å²) in [6, 6.07) is 10.1. The van der Waals surface area contributed by atoms with Crippen molar-refractivity contribution >= 4 is 11.5 Å². The molecule has 2 aromatic rings. The number of halogens is 1. The Morgan fingerprint density at radius 1 is 1.22 bits per heavy atom. The second-order valence-electron chi connectivity index (χ2n) is 5.01. The lowest BCUT2D eigenvalue weighted by molar-refractivity contribution is -0.384. The molecule has 1 aliphatic heterocycles. The van der Waals surface area contributed by atoms with Gasteiger partial charge in [0.15, 0.2) is 11.6 Å². The lowest BCUT2D eigenvalue weighted by atomic mass is 10.1. The van der Waals surface area contributed by atoms with Gasteiger partial charge in [-0.1, -0.05) is 0 Å². The summed E-state index contributed by atoms with van der Waals surface area (Å²) in [5.74, 6) is 0.544. The number of non-ortho nitro benzene ring substituents is 1. The second-order valence-corrected chi connectivity index (χ2v) is 5.01. The van der Waals surface area contributed by atoms with Crippen molar-refractivity contribution in [1.82, 2.24) is 5.32 Å². The first-order valence-electron chi connectivity index (χ1n) is 7.14. The fourth-order valence-electron chi connectivity index (χ4n) is 2.22. The number of hydrogen-bond donors (Lipinski definition) is 1. The van der Waals surface area contributed by atoms with E-state index in [0.29, 0.717) is 17.1 Å². The van der Waals surface area contributed by atoms with E-state index in [1.165, 1.54) is 36.4 Å². The summed E-state index contributed by atoms with van der Waals surface area (Å²) in [7, 11) is 0. The van der Waals surface area contributed by atoms with E-state index in [-0.39, 0.29) is 11.4 Å². The van der Waals surface area contributed by atoms with E-state index in [4.69, 9.17) is 4.74 Å². The van der Waals surface area contributed by atoms with Crippen molar-refractivity contribution in [3.63, 3.8) is 0 Å². The molecule has 0 unspecified atom stereocenters. The molecule has 1 heterocycles. The van der Waals surface area contributed by atoms with Crippen LogP contribution in [0.5, 0.6) is 11.5 Å². The van der Waals surface area contributed by atoms with Crippen molar-refractivity contribution < 1.29 is 14.1 Å². The lowest BCUT2D eigenvalue weighted by Crippen LogP contribution is -2.30. The first-order valence-corrected chi connectivity index (χ1v) is 7.14. The number of amidine groups is 1. The molecule has 0 fully saturated rings. The Balaban J connectivity index is 1.78. The second kappa shape index (κ2) is 6.43. The Morgan fingerprint density at radius 3 is 2.61 bits per heavy atom. The molecule has 0 aromatic heterocycles. The zero-order valence-electron chi connectivity index (χ0n) is 12.2. The average Bonchev–Trinajstić information content (AvgIpc) is 2.58. The van der Waals surface area contributed by atoms with Gasteiger partial charge in [-0.15, -0.1) is 0 Å². The summed E-state index contributed by atoms with van der Waals surface area (Å²) < 4.78 is 19.6. The Kier molecular flexibility index (Phi) is 4.18. The summed E-state index contributed by atoms with van der Waals surface area (Å²) in [6.07, 6.45) is 0.966. The standard InChI is InChI=1S/C16H14FN3O3/c17-14-10-11(16-18-8-1-9-19-16)2-7-15(14)23-13-5-3-12(4-6-13)20(21)22/h2-7,10H,1,8-9H2,(H,18,19). The van der Waals surface area contributed by atoms with Crippen LogP contribution in [0, 0.1) is 15.9 Å². The average molecular weight is 315 g/mol. The Bertz CT molecular complexity index is 760. The number of rotatable bonds is 4. The van der Waals surface area contributed by atoms with Crippen molar-refractivity contribution in [1.29, 1.82) is 0 Å². The summed E-state index contributed by atoms with van der Waals surface area (Å²) in [6.45, 7) is 1.55. The fraction of sp³-hybridized carbons (Fsp3) is 0.188. The molecule has 118 valence electrons. The maximum Gasteiger partial charge on any atom is 0.269 e. The van der Waals surface area contributed by atoms with Gasteiger partial charge in [0.1, 0.15) is 11.6 Å². The molecule has 0 spiro atoms. The van der Waals surface area contributed by atoms with Crippen molar-refractivity contribution in [2.24, 2.45) is 4.99 Å². The van der Waals surface area contributed by atoms with Crippen LogP contribution >= 0.6 is 0 Å². The van der Waals surface area contributed by atoms with Crippen LogP contribution in [0.2, 0.25) is 0 Å². The zero-order chi connectivity index (χ0) is 16.2. The van der Waals surface area contributed by atoms with E-state index in [9.17, 15) is 14.5 Å². The van der Waals surface area contributed by atoms with Gasteiger partial charge in [-0.25, -0.2) is 4.39 Å². The van der Waals surface area contributed by atoms with Crippen LogP contribution in [0.4, 0.5) is 10.1 Å². The summed E-state index contributed by atoms with van der Waals surface area (Å²) in [4.78, 5) is 14.4. The number of ether oxygens (including phenoxy) is 1. The Morgan fingerprint density at radius 2 is 2.00 bits per heavy atom. The highest BCUT2D eigenvalue weighted by Crippen LogP contribution is 2.27. The first-order chi connectivity index (χ1) is 11.1. The van der Waals surface area contributed by atoms with Crippen molar-refractivity contribution in [2.75, 3.05) is 13.1 Å². The van der Waals surface area contributed by atoms with Gasteiger partial charge in [0, 0.05) is 30.8 Å². The number of nitro benzene ring substituents is 1. The number of nitrogens with one attached hydrogen (secondary N) is 1. The highest BCUT2D eigenvalue weighted by molar-refractivity contribution is 5.99. The van der Waals surface area contributed by atoms with Gasteiger partial charge in [-0.05, 0) is 36.8 Å². The summed E-state index contributed by atoms with van der Waals surface area (Å²) >= 11 is 0. The topological polar surface area (TPSA) is 76.8 Å². The molecule has 0 bridgehead atoms. The minimum Gasteiger partial charge on any atom is -0.454 e. The number of aliphatic imine (C=N–C) groups is 1. The quantitative estimate of drug-likeness (QED) is 0.694. The van der Waals surface area contributed by atoms with Gasteiger partial charge >= 0.3 is 0 Å². The van der Waals surface area contributed by atoms with E-state index in [0.717, 1.165) is 19.5 Å². The zero-order valence-corrected chi connectivity index (χ0v) is 12.2. The number of hydrogen-bond acceptors (Lipinski definition) is 5. The van der Waals surface area contributed by atoms with Gasteiger partial charge in [0.2, 0.25) is 0 Å². The number of nitrogens with zero attached hydrogens (tertiary/aromatic N) is 2. The van der Waals surface area contributed by atoms with Crippen LogP contribution in [0.1, 0.15) is 12.0 Å². The van der Waals surface area contributed by atoms with Gasteiger partial charge in [0.05, 0.1) is 4.92 Å². The first kappa shape index (κ1) is 15.0. The third kappa shape index (κ3) is 3.45. The highest BCUT2D eigenvalue weighted by Gasteiger charge is 2.12. The number of benzene rings is 2. The van der Waals surface area contributed by atoms with E-state index in [1.54, 1.807) is 6.07 Å². The fourth-order valence-corrected chi connectivity index (χ4v) is 2.22. The third-order valence-corrected chi connectivity index (χ3v) is 3.38. The minimum atomic E-state index is -0.518. The Labute approximate surface area is 131 Å². The molecule has 3 rings (SSSR count). The molecule has 23 heavy (non-hydrogen) atoms. The monoisotopic (exact) mass is 315 g/mol. The molecule has 0 saturated heterocycles. The lowest BCUT2D eigenvalue weighted by Gasteiger charge is -2.15. The van der Waals surface area contributed by atoms with Crippen LogP contribution in [0.15, 0.2) is 47.5 Å². The van der Waals surface area contributed by atoms with Gasteiger partial charge < -0.3 is 10.1 Å². The molecule has 1 aliphatic rings. The van der Waals surface area contributed by atoms with Crippen molar-refractivity contribution in [2.45, 2.75) is 6.42 Å². The third-order valence-electron chi connectivity index (χ3n) is 3.38. The van der Waals surface area contributed by atoms with Crippen LogP contribution in [0.3, 0.4) is 0 Å². The predicted molar refractivity (Wildman–Crippen MR) is 83.6 cm³/mol. The van der Waals surface area contributed by atoms with Crippen LogP contribution < -0.4 is 10.1 Å². The predicted octanol–water partition coefficient (Wildman–Crippen LogP) is 3.27. The van der Waals surface area contributed by atoms with E-state index in [1.807, 2.05) is 0 Å². The summed E-state index contributed by atoms with van der Waals surface area (Å²) in [5.41, 5.74) is 0.618. The molecule has 0 atom stereocenters. The van der Waals surface area contributed by atoms with Crippen molar-refractivity contribution in [3.8, 4) is 11.5 Å². The normalized spacial score (nSPS) is 13.9. The smallest absolute Gasteiger partial charge is 0.269 e. The number of nitro groups is 1. The largest absolute Gasteiger partial charge is 0.454 e. The van der Waals surface area contributed by atoms with Crippen molar-refractivity contribution in [3.05, 3.63) is 64.0 Å². The van der Waals surface area contributed by atoms with Crippen LogP contribution in [-0.2, 0) is 0 Å². The van der Waals surface area contributed by atoms with Gasteiger partial charge in [0.25, 0.3) is 5.69 Å². The SMILES string of the molecule is O=[N+]([O-])c1ccc(Oc2ccc(C3=NCCCN3)cc2F)cc1. The summed E-state index contributed by atoms with van der Waals surface area (Å²) in [5, 5.41) is 13.7. The molecule has 0 aliphatic carbocycles. The molecule has 0 amide bonds. The van der Waals surface area contributed by atoms with E-state index in [2.05, 4.69) is 10.3 Å². The molecule has 2 aromatic carbocycles. The van der Waals surface area contributed by atoms with Gasteiger partial charge in [-0.2, -0.15) is 0 Å². The molecule has 6 nitrogen and oxygen atoms in total. The molecule has 1 N–H and O–H groups in total. The Hall–Kier alpha value is -2.96. The van der Waals surface area contributed by atoms with E-state index >= 15 is 0 Å². The maximum atomic E-state index is 14.2. The molecular weight excluding hydrogens is 301 g/mol. The molecule has 0 saturated carbocycles. The van der Waals surface area contributed by atoms with Crippen LogP contribution in [-0.4, -0.2) is 23.8 Å². The molecule has 0 radical (unpaired) electrons. The van der Waals surface area contributed by atoms with Gasteiger partial charge in [-0.3, -0.25) is 15.1 Å². The molecular formula is C16H14FN3O3. The van der Waals surface area contributed by atoms with Crippen LogP contribution in [0.25, 0.3) is 0 Å². The molecule has 7 heteroatoms. The maximum absolute atomic E-state index is 14.2. The van der Waals surface area contributed by atoms with E-state index < -0.39 is 10.7 Å².